The zero-order chi connectivity index (χ0) is 22.3. The van der Waals surface area contributed by atoms with Gasteiger partial charge in [0.25, 0.3) is 5.91 Å². The predicted molar refractivity (Wildman–Crippen MR) is 134 cm³/mol. The molecule has 1 amide bonds. The fourth-order valence-electron chi connectivity index (χ4n) is 3.11. The number of thiazole rings is 1. The molecule has 0 atom stereocenters. The lowest BCUT2D eigenvalue weighted by Crippen LogP contribution is -2.20. The molecule has 0 spiro atoms. The molecule has 7 heteroatoms. The molecule has 164 valence electrons. The van der Waals surface area contributed by atoms with Crippen LogP contribution in [0, 0.1) is 0 Å². The van der Waals surface area contributed by atoms with Crippen molar-refractivity contribution in [2.24, 2.45) is 0 Å². The number of halogens is 1. The van der Waals surface area contributed by atoms with Gasteiger partial charge in [0.15, 0.2) is 11.7 Å². The molecule has 1 heterocycles. The molecular weight excluding hydrogens is 488 g/mol. The zero-order valence-corrected chi connectivity index (χ0v) is 20.0. The number of anilines is 1. The van der Waals surface area contributed by atoms with E-state index in [1.54, 1.807) is 0 Å². The third kappa shape index (κ3) is 5.66. The number of amides is 1. The van der Waals surface area contributed by atoms with E-state index in [4.69, 9.17) is 9.47 Å². The van der Waals surface area contributed by atoms with E-state index in [2.05, 4.69) is 33.2 Å². The molecule has 0 fully saturated rings. The van der Waals surface area contributed by atoms with Crippen molar-refractivity contribution in [3.63, 3.8) is 0 Å². The number of ether oxygens (including phenoxy) is 2. The molecule has 0 aliphatic rings. The van der Waals surface area contributed by atoms with Crippen LogP contribution in [0.1, 0.15) is 19.8 Å². The molecule has 4 rings (SSSR count). The Labute approximate surface area is 199 Å². The van der Waals surface area contributed by atoms with Gasteiger partial charge in [-0.2, -0.15) is 0 Å². The molecule has 4 aromatic rings. The maximum atomic E-state index is 12.4. The van der Waals surface area contributed by atoms with Gasteiger partial charge in [-0.05, 0) is 63.8 Å². The van der Waals surface area contributed by atoms with Crippen LogP contribution in [0.2, 0.25) is 0 Å². The van der Waals surface area contributed by atoms with Gasteiger partial charge in [-0.25, -0.2) is 4.98 Å². The van der Waals surface area contributed by atoms with E-state index in [9.17, 15) is 4.79 Å². The van der Waals surface area contributed by atoms with Crippen LogP contribution in [0.5, 0.6) is 11.5 Å². The molecule has 0 saturated carbocycles. The lowest BCUT2D eigenvalue weighted by Gasteiger charge is -2.09. The van der Waals surface area contributed by atoms with Crippen LogP contribution in [0.15, 0.2) is 71.2 Å². The summed E-state index contributed by atoms with van der Waals surface area (Å²) in [5.74, 6) is 1.17. The highest BCUT2D eigenvalue weighted by Crippen LogP contribution is 2.31. The van der Waals surface area contributed by atoms with Crippen molar-refractivity contribution >= 4 is 48.5 Å². The number of rotatable bonds is 9. The lowest BCUT2D eigenvalue weighted by atomic mass is 10.1. The first kappa shape index (κ1) is 22.3. The van der Waals surface area contributed by atoms with Gasteiger partial charge in [-0.3, -0.25) is 10.1 Å². The van der Waals surface area contributed by atoms with Crippen LogP contribution in [0.3, 0.4) is 0 Å². The number of nitrogens with zero attached hydrogens (tertiary/aromatic N) is 1. The molecule has 5 nitrogen and oxygen atoms in total. The Bertz CT molecular complexity index is 1210. The largest absolute Gasteiger partial charge is 0.494 e. The fraction of sp³-hybridized carbons (Fsp3) is 0.200. The summed E-state index contributed by atoms with van der Waals surface area (Å²) in [6.45, 7) is 2.72. The van der Waals surface area contributed by atoms with Gasteiger partial charge in [-0.15, -0.1) is 0 Å². The Hall–Kier alpha value is -2.90. The minimum Gasteiger partial charge on any atom is -0.494 e. The van der Waals surface area contributed by atoms with Gasteiger partial charge < -0.3 is 9.47 Å². The molecule has 0 aliphatic carbocycles. The standard InChI is InChI=1S/C25H23BrN2O3S/c1-2-3-13-30-19-10-11-21-23(15-19)32-25(27-21)28-24(29)16-31-22-12-9-18(14-20(22)26)17-7-5-4-6-8-17/h4-12,14-15H,2-3,13,16H2,1H3,(H,27,28,29). The quantitative estimate of drug-likeness (QED) is 0.248. The van der Waals surface area contributed by atoms with Crippen molar-refractivity contribution in [1.29, 1.82) is 0 Å². The molecule has 0 unspecified atom stereocenters. The van der Waals surface area contributed by atoms with Crippen LogP contribution in [-0.4, -0.2) is 24.1 Å². The second-order valence-electron chi connectivity index (χ2n) is 7.20. The number of fused-ring (bicyclic) bond motifs is 1. The van der Waals surface area contributed by atoms with Gasteiger partial charge >= 0.3 is 0 Å². The third-order valence-electron chi connectivity index (χ3n) is 4.77. The summed E-state index contributed by atoms with van der Waals surface area (Å²) in [6, 6.07) is 21.7. The van der Waals surface area contributed by atoms with Crippen molar-refractivity contribution in [3.8, 4) is 22.6 Å². The first-order valence-corrected chi connectivity index (χ1v) is 12.0. The van der Waals surface area contributed by atoms with Crippen LogP contribution in [-0.2, 0) is 4.79 Å². The highest BCUT2D eigenvalue weighted by molar-refractivity contribution is 9.10. The zero-order valence-electron chi connectivity index (χ0n) is 17.6. The average molecular weight is 511 g/mol. The Morgan fingerprint density at radius 2 is 1.88 bits per heavy atom. The maximum absolute atomic E-state index is 12.4. The molecule has 0 saturated heterocycles. The summed E-state index contributed by atoms with van der Waals surface area (Å²) < 4.78 is 13.2. The average Bonchev–Trinajstić information content (AvgIpc) is 3.20. The van der Waals surface area contributed by atoms with Crippen LogP contribution in [0.25, 0.3) is 21.3 Å². The Kier molecular flexibility index (Phi) is 7.39. The molecule has 0 bridgehead atoms. The minimum absolute atomic E-state index is 0.107. The fourth-order valence-corrected chi connectivity index (χ4v) is 4.51. The Balaban J connectivity index is 1.35. The van der Waals surface area contributed by atoms with Crippen molar-refractivity contribution in [2.75, 3.05) is 18.5 Å². The Morgan fingerprint density at radius 3 is 2.66 bits per heavy atom. The molecule has 0 aliphatic heterocycles. The van der Waals surface area contributed by atoms with Crippen molar-refractivity contribution in [1.82, 2.24) is 4.98 Å². The summed E-state index contributed by atoms with van der Waals surface area (Å²) in [4.78, 5) is 16.9. The van der Waals surface area contributed by atoms with Gasteiger partial charge in [0, 0.05) is 0 Å². The molecule has 0 radical (unpaired) electrons. The van der Waals surface area contributed by atoms with Crippen LogP contribution in [0.4, 0.5) is 5.13 Å². The smallest absolute Gasteiger partial charge is 0.264 e. The monoisotopic (exact) mass is 510 g/mol. The summed E-state index contributed by atoms with van der Waals surface area (Å²) in [5, 5.41) is 3.36. The van der Waals surface area contributed by atoms with Gasteiger partial charge in [0.05, 0.1) is 21.3 Å². The topological polar surface area (TPSA) is 60.5 Å². The molecule has 3 aromatic carbocycles. The molecule has 32 heavy (non-hydrogen) atoms. The first-order chi connectivity index (χ1) is 15.6. The van der Waals surface area contributed by atoms with Gasteiger partial charge in [-0.1, -0.05) is 61.1 Å². The van der Waals surface area contributed by atoms with Gasteiger partial charge in [0.2, 0.25) is 0 Å². The highest BCUT2D eigenvalue weighted by atomic mass is 79.9. The number of unbranched alkanes of at least 4 members (excludes halogenated alkanes) is 1. The second-order valence-corrected chi connectivity index (χ2v) is 9.08. The van der Waals surface area contributed by atoms with Gasteiger partial charge in [0.1, 0.15) is 11.5 Å². The molecule has 1 aromatic heterocycles. The molecule has 1 N–H and O–H groups in total. The van der Waals surface area contributed by atoms with E-state index in [0.717, 1.165) is 44.4 Å². The normalized spacial score (nSPS) is 10.8. The van der Waals surface area contributed by atoms with E-state index in [1.807, 2.05) is 66.7 Å². The van der Waals surface area contributed by atoms with E-state index in [0.29, 0.717) is 17.5 Å². The van der Waals surface area contributed by atoms with Crippen molar-refractivity contribution < 1.29 is 14.3 Å². The number of nitrogens with one attached hydrogen (secondary N) is 1. The summed E-state index contributed by atoms with van der Waals surface area (Å²) in [5.41, 5.74) is 3.02. The highest BCUT2D eigenvalue weighted by Gasteiger charge is 2.11. The number of benzene rings is 3. The summed E-state index contributed by atoms with van der Waals surface area (Å²) in [6.07, 6.45) is 2.11. The third-order valence-corrected chi connectivity index (χ3v) is 6.32. The van der Waals surface area contributed by atoms with E-state index in [1.165, 1.54) is 11.3 Å². The van der Waals surface area contributed by atoms with E-state index < -0.39 is 0 Å². The van der Waals surface area contributed by atoms with E-state index >= 15 is 0 Å². The number of carbonyl (C=O) groups is 1. The van der Waals surface area contributed by atoms with Crippen LogP contribution < -0.4 is 14.8 Å². The maximum Gasteiger partial charge on any atom is 0.264 e. The summed E-state index contributed by atoms with van der Waals surface area (Å²) in [7, 11) is 0. The Morgan fingerprint density at radius 1 is 1.03 bits per heavy atom. The number of aromatic nitrogens is 1. The minimum atomic E-state index is -0.262. The summed E-state index contributed by atoms with van der Waals surface area (Å²) >= 11 is 4.95. The van der Waals surface area contributed by atoms with Crippen LogP contribution >= 0.6 is 27.3 Å². The predicted octanol–water partition coefficient (Wildman–Crippen LogP) is 6.92. The first-order valence-electron chi connectivity index (χ1n) is 10.4. The lowest BCUT2D eigenvalue weighted by molar-refractivity contribution is -0.118. The molecular formula is C25H23BrN2O3S. The second kappa shape index (κ2) is 10.6. The number of hydrogen-bond donors (Lipinski definition) is 1. The van der Waals surface area contributed by atoms with E-state index in [-0.39, 0.29) is 12.5 Å². The number of carbonyl (C=O) groups excluding carboxylic acids is 1. The number of hydrogen-bond acceptors (Lipinski definition) is 5. The SMILES string of the molecule is CCCCOc1ccc2nc(NC(=O)COc3ccc(-c4ccccc4)cc3Br)sc2c1. The van der Waals surface area contributed by atoms with Crippen molar-refractivity contribution in [2.45, 2.75) is 19.8 Å². The van der Waals surface area contributed by atoms with Crippen molar-refractivity contribution in [3.05, 3.63) is 71.2 Å².